The van der Waals surface area contributed by atoms with E-state index in [1.807, 2.05) is 36.4 Å². The molecular weight excluding hydrogens is 549 g/mol. The maximum Gasteiger partial charge on any atom is 0.259 e. The molecular formula is C31H23ClFN3O3S. The van der Waals surface area contributed by atoms with Crippen molar-refractivity contribution in [3.8, 4) is 0 Å². The second kappa shape index (κ2) is 10.8. The zero-order valence-electron chi connectivity index (χ0n) is 21.2. The van der Waals surface area contributed by atoms with E-state index >= 15 is 0 Å². The lowest BCUT2D eigenvalue weighted by molar-refractivity contribution is -0.115. The molecule has 4 aromatic rings. The van der Waals surface area contributed by atoms with Crippen LogP contribution in [0.3, 0.4) is 0 Å². The van der Waals surface area contributed by atoms with Gasteiger partial charge in [-0.05, 0) is 66.1 Å². The van der Waals surface area contributed by atoms with Gasteiger partial charge in [-0.25, -0.2) is 4.39 Å². The first-order valence-corrected chi connectivity index (χ1v) is 13.9. The largest absolute Gasteiger partial charge is 0.334 e. The van der Waals surface area contributed by atoms with Crippen LogP contribution in [0.25, 0.3) is 0 Å². The molecule has 0 radical (unpaired) electrons. The summed E-state index contributed by atoms with van der Waals surface area (Å²) in [6.07, 6.45) is 0.768. The van der Waals surface area contributed by atoms with Gasteiger partial charge in [0.25, 0.3) is 11.8 Å². The number of nitrogens with one attached hydrogen (secondary N) is 1. The zero-order valence-corrected chi connectivity index (χ0v) is 22.8. The Morgan fingerprint density at radius 2 is 1.70 bits per heavy atom. The van der Waals surface area contributed by atoms with Gasteiger partial charge in [0.1, 0.15) is 12.4 Å². The Kier molecular flexibility index (Phi) is 7.04. The van der Waals surface area contributed by atoms with Gasteiger partial charge in [0.05, 0.1) is 16.9 Å². The number of benzene rings is 4. The highest BCUT2D eigenvalue weighted by Crippen LogP contribution is 2.42. The molecule has 2 aliphatic heterocycles. The smallest absolute Gasteiger partial charge is 0.259 e. The molecule has 0 fully saturated rings. The van der Waals surface area contributed by atoms with E-state index in [1.165, 1.54) is 34.4 Å². The van der Waals surface area contributed by atoms with Gasteiger partial charge in [0, 0.05) is 33.5 Å². The standard InChI is InChI=1S/C31H23ClFN3O3S/c32-22-10-11-25(24(33)16-22)34-29(37)18-36-26-15-20(30(38)35-14-13-19-5-1-2-6-21(19)17-35)9-12-28(26)40-27-8-4-3-7-23(27)31(36)39/h1-12,15-16H,13-14,17-18H2,(H,34,37). The van der Waals surface area contributed by atoms with E-state index in [0.717, 1.165) is 27.8 Å². The second-order valence-electron chi connectivity index (χ2n) is 9.59. The molecule has 6 rings (SSSR count). The Bertz CT molecular complexity index is 1680. The van der Waals surface area contributed by atoms with Crippen LogP contribution in [0, 0.1) is 5.82 Å². The Morgan fingerprint density at radius 1 is 0.925 bits per heavy atom. The summed E-state index contributed by atoms with van der Waals surface area (Å²) >= 11 is 7.23. The van der Waals surface area contributed by atoms with Gasteiger partial charge < -0.3 is 10.2 Å². The maximum absolute atomic E-state index is 14.4. The molecule has 3 amide bonds. The summed E-state index contributed by atoms with van der Waals surface area (Å²) in [5.41, 5.74) is 3.62. The quantitative estimate of drug-likeness (QED) is 0.306. The van der Waals surface area contributed by atoms with Crippen LogP contribution in [-0.4, -0.2) is 35.7 Å². The van der Waals surface area contributed by atoms with Crippen LogP contribution in [0.4, 0.5) is 15.8 Å². The van der Waals surface area contributed by atoms with Gasteiger partial charge in [-0.3, -0.25) is 19.3 Å². The number of nitrogens with zero attached hydrogens (tertiary/aromatic N) is 2. The maximum atomic E-state index is 14.4. The predicted octanol–water partition coefficient (Wildman–Crippen LogP) is 6.43. The van der Waals surface area contributed by atoms with Crippen LogP contribution >= 0.6 is 23.4 Å². The molecule has 0 spiro atoms. The van der Waals surface area contributed by atoms with Crippen molar-refractivity contribution in [1.82, 2.24) is 4.90 Å². The van der Waals surface area contributed by atoms with Gasteiger partial charge >= 0.3 is 0 Å². The minimum absolute atomic E-state index is 0.0408. The minimum Gasteiger partial charge on any atom is -0.334 e. The number of carbonyl (C=O) groups excluding carboxylic acids is 3. The van der Waals surface area contributed by atoms with E-state index in [-0.39, 0.29) is 29.1 Å². The van der Waals surface area contributed by atoms with Crippen molar-refractivity contribution in [2.75, 3.05) is 23.3 Å². The molecule has 4 aromatic carbocycles. The van der Waals surface area contributed by atoms with E-state index in [2.05, 4.69) is 11.4 Å². The monoisotopic (exact) mass is 571 g/mol. The summed E-state index contributed by atoms with van der Waals surface area (Å²) in [6, 6.07) is 24.4. The predicted molar refractivity (Wildman–Crippen MR) is 154 cm³/mol. The molecule has 6 nitrogen and oxygen atoms in total. The van der Waals surface area contributed by atoms with Crippen molar-refractivity contribution in [3.05, 3.63) is 118 Å². The summed E-state index contributed by atoms with van der Waals surface area (Å²) in [4.78, 5) is 45.1. The van der Waals surface area contributed by atoms with Crippen LogP contribution < -0.4 is 10.2 Å². The van der Waals surface area contributed by atoms with Gasteiger partial charge in [0.15, 0.2) is 0 Å². The van der Waals surface area contributed by atoms with E-state index < -0.39 is 11.7 Å². The Balaban J connectivity index is 1.33. The molecule has 0 aromatic heterocycles. The van der Waals surface area contributed by atoms with E-state index in [1.54, 1.807) is 29.2 Å². The first kappa shape index (κ1) is 26.1. The molecule has 0 saturated heterocycles. The number of hydrogen-bond donors (Lipinski definition) is 1. The zero-order chi connectivity index (χ0) is 27.8. The number of rotatable bonds is 4. The third-order valence-corrected chi connectivity index (χ3v) is 8.38. The molecule has 0 bridgehead atoms. The van der Waals surface area contributed by atoms with Crippen molar-refractivity contribution in [2.24, 2.45) is 0 Å². The van der Waals surface area contributed by atoms with Crippen molar-refractivity contribution in [1.29, 1.82) is 0 Å². The normalized spacial score (nSPS) is 14.1. The Labute approximate surface area is 239 Å². The van der Waals surface area contributed by atoms with Crippen LogP contribution in [0.5, 0.6) is 0 Å². The number of carbonyl (C=O) groups is 3. The lowest BCUT2D eigenvalue weighted by atomic mass is 9.99. The molecule has 0 aliphatic carbocycles. The molecule has 0 unspecified atom stereocenters. The number of fused-ring (bicyclic) bond motifs is 3. The van der Waals surface area contributed by atoms with E-state index in [9.17, 15) is 18.8 Å². The van der Waals surface area contributed by atoms with Gasteiger partial charge in [-0.1, -0.05) is 59.8 Å². The molecule has 2 aliphatic rings. The van der Waals surface area contributed by atoms with Gasteiger partial charge in [-0.2, -0.15) is 0 Å². The highest BCUT2D eigenvalue weighted by Gasteiger charge is 2.31. The molecule has 0 atom stereocenters. The Hall–Kier alpha value is -4.14. The molecule has 2 heterocycles. The third kappa shape index (κ3) is 5.08. The highest BCUT2D eigenvalue weighted by atomic mass is 35.5. The fraction of sp³-hybridized carbons (Fsp3) is 0.129. The first-order chi connectivity index (χ1) is 19.4. The lowest BCUT2D eigenvalue weighted by Gasteiger charge is -2.29. The van der Waals surface area contributed by atoms with Crippen molar-refractivity contribution < 1.29 is 18.8 Å². The summed E-state index contributed by atoms with van der Waals surface area (Å²) in [5, 5.41) is 2.73. The van der Waals surface area contributed by atoms with Gasteiger partial charge in [-0.15, -0.1) is 0 Å². The molecule has 1 N–H and O–H groups in total. The topological polar surface area (TPSA) is 69.7 Å². The molecule has 9 heteroatoms. The first-order valence-electron chi connectivity index (χ1n) is 12.7. The number of amides is 3. The second-order valence-corrected chi connectivity index (χ2v) is 11.1. The number of hydrogen-bond acceptors (Lipinski definition) is 4. The van der Waals surface area contributed by atoms with Crippen LogP contribution in [0.15, 0.2) is 94.7 Å². The van der Waals surface area contributed by atoms with Gasteiger partial charge in [0.2, 0.25) is 5.91 Å². The average molecular weight is 572 g/mol. The average Bonchev–Trinajstić information content (AvgIpc) is 3.07. The molecule has 200 valence electrons. The van der Waals surface area contributed by atoms with Crippen molar-refractivity contribution in [3.63, 3.8) is 0 Å². The fourth-order valence-electron chi connectivity index (χ4n) is 4.99. The third-order valence-electron chi connectivity index (χ3n) is 7.00. The lowest BCUT2D eigenvalue weighted by Crippen LogP contribution is -2.39. The van der Waals surface area contributed by atoms with E-state index in [0.29, 0.717) is 29.9 Å². The van der Waals surface area contributed by atoms with Crippen LogP contribution in [0.1, 0.15) is 31.8 Å². The van der Waals surface area contributed by atoms with Crippen molar-refractivity contribution in [2.45, 2.75) is 22.8 Å². The van der Waals surface area contributed by atoms with Crippen LogP contribution in [0.2, 0.25) is 5.02 Å². The summed E-state index contributed by atoms with van der Waals surface area (Å²) in [7, 11) is 0. The van der Waals surface area contributed by atoms with E-state index in [4.69, 9.17) is 11.6 Å². The number of anilines is 2. The molecule has 0 saturated carbocycles. The fourth-order valence-corrected chi connectivity index (χ4v) is 6.20. The van der Waals surface area contributed by atoms with Crippen molar-refractivity contribution >= 4 is 52.5 Å². The summed E-state index contributed by atoms with van der Waals surface area (Å²) in [6.45, 7) is 0.715. The molecule has 40 heavy (non-hydrogen) atoms. The van der Waals surface area contributed by atoms with Crippen LogP contribution in [-0.2, 0) is 17.8 Å². The highest BCUT2D eigenvalue weighted by molar-refractivity contribution is 7.99. The summed E-state index contributed by atoms with van der Waals surface area (Å²) in [5.74, 6) is -1.80. The minimum atomic E-state index is -0.680. The summed E-state index contributed by atoms with van der Waals surface area (Å²) < 4.78 is 14.4. The number of halogens is 2. The Morgan fingerprint density at radius 3 is 2.52 bits per heavy atom. The SMILES string of the molecule is O=C(CN1C(=O)c2ccccc2Sc2ccc(C(=O)N3CCc4ccccc4C3)cc21)Nc1ccc(Cl)cc1F.